The van der Waals surface area contributed by atoms with Crippen LogP contribution in [0.25, 0.3) is 0 Å². The molecule has 1 aromatic carbocycles. The van der Waals surface area contributed by atoms with Crippen LogP contribution in [0.2, 0.25) is 0 Å². The van der Waals surface area contributed by atoms with E-state index < -0.39 is 0 Å². The molecular weight excluding hydrogens is 306 g/mol. The van der Waals surface area contributed by atoms with E-state index in [0.29, 0.717) is 0 Å². The third kappa shape index (κ3) is 4.01. The second-order valence-electron chi connectivity index (χ2n) is 5.16. The van der Waals surface area contributed by atoms with Crippen molar-refractivity contribution in [3.8, 4) is 0 Å². The molecule has 0 aromatic heterocycles. The Morgan fingerprint density at radius 2 is 2.11 bits per heavy atom. The van der Waals surface area contributed by atoms with Crippen LogP contribution < -0.4 is 5.73 Å². The van der Waals surface area contributed by atoms with E-state index in [0.717, 1.165) is 18.1 Å². The highest BCUT2D eigenvalue weighted by molar-refractivity contribution is 9.10. The first-order valence-corrected chi connectivity index (χ1v) is 8.57. The molecule has 1 nitrogen and oxygen atoms in total. The van der Waals surface area contributed by atoms with Crippen LogP contribution in [0.4, 0.5) is 0 Å². The molecule has 1 fully saturated rings. The van der Waals surface area contributed by atoms with Crippen molar-refractivity contribution >= 4 is 27.7 Å². The van der Waals surface area contributed by atoms with Crippen molar-refractivity contribution in [2.24, 2.45) is 5.73 Å². The first kappa shape index (κ1) is 14.4. The van der Waals surface area contributed by atoms with Crippen LogP contribution in [0.5, 0.6) is 0 Å². The van der Waals surface area contributed by atoms with Gasteiger partial charge in [-0.3, -0.25) is 0 Å². The summed E-state index contributed by atoms with van der Waals surface area (Å²) < 4.78 is 1.24. The van der Waals surface area contributed by atoms with Crippen molar-refractivity contribution in [1.82, 2.24) is 0 Å². The number of halogens is 1. The van der Waals surface area contributed by atoms with E-state index in [1.54, 1.807) is 0 Å². The molecule has 1 unspecified atom stereocenters. The Morgan fingerprint density at radius 1 is 1.39 bits per heavy atom. The van der Waals surface area contributed by atoms with Crippen molar-refractivity contribution in [3.05, 3.63) is 28.2 Å². The lowest BCUT2D eigenvalue weighted by molar-refractivity contribution is 0.646. The number of hydrogen-bond donors (Lipinski definition) is 1. The predicted octanol–water partition coefficient (Wildman–Crippen LogP) is 4.76. The Morgan fingerprint density at radius 3 is 2.72 bits per heavy atom. The zero-order valence-corrected chi connectivity index (χ0v) is 13.4. The molecule has 1 aromatic rings. The summed E-state index contributed by atoms with van der Waals surface area (Å²) in [5.74, 6) is 0. The van der Waals surface area contributed by atoms with Crippen LogP contribution in [-0.4, -0.2) is 11.3 Å². The molecule has 2 rings (SSSR count). The van der Waals surface area contributed by atoms with E-state index in [1.807, 2.05) is 11.8 Å². The fourth-order valence-corrected chi connectivity index (χ4v) is 4.35. The number of benzene rings is 1. The molecule has 1 aliphatic rings. The van der Waals surface area contributed by atoms with Gasteiger partial charge in [0.25, 0.3) is 0 Å². The van der Waals surface area contributed by atoms with Crippen LogP contribution in [0, 0.1) is 0 Å². The quantitative estimate of drug-likeness (QED) is 0.843. The molecule has 1 aliphatic carbocycles. The smallest absolute Gasteiger partial charge is 0.0314 e. The van der Waals surface area contributed by atoms with E-state index in [9.17, 15) is 0 Å². The minimum atomic E-state index is 0.283. The number of thioether (sulfide) groups is 1. The van der Waals surface area contributed by atoms with Crippen molar-refractivity contribution in [2.45, 2.75) is 61.6 Å². The van der Waals surface area contributed by atoms with Crippen LogP contribution >= 0.6 is 27.7 Å². The lowest BCUT2D eigenvalue weighted by Gasteiger charge is -2.13. The lowest BCUT2D eigenvalue weighted by atomic mass is 10.1. The molecular formula is C15H22BrNS. The Hall–Kier alpha value is 0.01000. The van der Waals surface area contributed by atoms with Crippen molar-refractivity contribution in [1.29, 1.82) is 0 Å². The zero-order chi connectivity index (χ0) is 13.0. The molecule has 0 radical (unpaired) electrons. The van der Waals surface area contributed by atoms with Gasteiger partial charge < -0.3 is 5.73 Å². The summed E-state index contributed by atoms with van der Waals surface area (Å²) in [6.07, 6.45) is 7.57. The topological polar surface area (TPSA) is 26.0 Å². The third-order valence-corrected chi connectivity index (χ3v) is 5.95. The highest BCUT2D eigenvalue weighted by Crippen LogP contribution is 2.38. The lowest BCUT2D eigenvalue weighted by Crippen LogP contribution is -2.21. The normalized spacial score (nSPS) is 18.2. The molecule has 1 atom stereocenters. The van der Waals surface area contributed by atoms with Gasteiger partial charge in [-0.15, -0.1) is 11.8 Å². The predicted molar refractivity (Wildman–Crippen MR) is 84.2 cm³/mol. The number of hydrogen-bond acceptors (Lipinski definition) is 2. The van der Waals surface area contributed by atoms with Gasteiger partial charge in [-0.1, -0.05) is 25.8 Å². The van der Waals surface area contributed by atoms with Gasteiger partial charge in [0.1, 0.15) is 0 Å². The zero-order valence-electron chi connectivity index (χ0n) is 11.0. The van der Waals surface area contributed by atoms with Crippen molar-refractivity contribution < 1.29 is 0 Å². The average Bonchev–Trinajstić information content (AvgIpc) is 2.85. The summed E-state index contributed by atoms with van der Waals surface area (Å²) in [6, 6.07) is 7.01. The minimum absolute atomic E-state index is 0.283. The number of rotatable bonds is 5. The molecule has 18 heavy (non-hydrogen) atoms. The van der Waals surface area contributed by atoms with Crippen LogP contribution in [0.3, 0.4) is 0 Å². The molecule has 1 saturated carbocycles. The Bertz CT molecular complexity index is 388. The Balaban J connectivity index is 2.00. The van der Waals surface area contributed by atoms with Gasteiger partial charge in [-0.2, -0.15) is 0 Å². The van der Waals surface area contributed by atoms with Crippen LogP contribution in [0.15, 0.2) is 27.6 Å². The molecule has 0 spiro atoms. The van der Waals surface area contributed by atoms with E-state index in [2.05, 4.69) is 41.1 Å². The van der Waals surface area contributed by atoms with Gasteiger partial charge in [-0.05, 0) is 59.3 Å². The largest absolute Gasteiger partial charge is 0.327 e. The molecule has 0 heterocycles. The third-order valence-electron chi connectivity index (χ3n) is 3.61. The summed E-state index contributed by atoms with van der Waals surface area (Å²) in [7, 11) is 0. The summed E-state index contributed by atoms with van der Waals surface area (Å²) in [4.78, 5) is 1.38. The van der Waals surface area contributed by atoms with Gasteiger partial charge in [0.2, 0.25) is 0 Å². The maximum Gasteiger partial charge on any atom is 0.0314 e. The molecule has 0 amide bonds. The Kier molecular flexibility index (Phi) is 5.58. The molecule has 2 N–H and O–H groups in total. The average molecular weight is 328 g/mol. The monoisotopic (exact) mass is 327 g/mol. The fourth-order valence-electron chi connectivity index (χ4n) is 2.40. The van der Waals surface area contributed by atoms with Gasteiger partial charge in [0.05, 0.1) is 0 Å². The van der Waals surface area contributed by atoms with Gasteiger partial charge in [0, 0.05) is 20.7 Å². The first-order valence-electron chi connectivity index (χ1n) is 6.89. The Labute approximate surface area is 123 Å². The second-order valence-corrected chi connectivity index (χ2v) is 7.36. The highest BCUT2D eigenvalue weighted by atomic mass is 79.9. The maximum absolute atomic E-state index is 6.00. The van der Waals surface area contributed by atoms with Crippen LogP contribution in [0.1, 0.15) is 44.6 Å². The summed E-state index contributed by atoms with van der Waals surface area (Å²) in [5.41, 5.74) is 7.34. The van der Waals surface area contributed by atoms with E-state index >= 15 is 0 Å². The summed E-state index contributed by atoms with van der Waals surface area (Å²) >= 11 is 5.74. The molecule has 100 valence electrons. The standard InChI is InChI=1S/C15H22BrNS/c1-2-12(17)9-11-7-8-15(14(16)10-11)18-13-5-3-4-6-13/h7-8,10,12-13H,2-6,9,17H2,1H3. The van der Waals surface area contributed by atoms with Gasteiger partial charge in [0.15, 0.2) is 0 Å². The minimum Gasteiger partial charge on any atom is -0.327 e. The second kappa shape index (κ2) is 6.97. The van der Waals surface area contributed by atoms with Gasteiger partial charge in [-0.25, -0.2) is 0 Å². The molecule has 0 bridgehead atoms. The van der Waals surface area contributed by atoms with Crippen molar-refractivity contribution in [3.63, 3.8) is 0 Å². The number of nitrogens with two attached hydrogens (primary N) is 1. The SMILES string of the molecule is CCC(N)Cc1ccc(SC2CCCC2)c(Br)c1. The fraction of sp³-hybridized carbons (Fsp3) is 0.600. The summed E-state index contributed by atoms with van der Waals surface area (Å²) in [5, 5.41) is 0.824. The van der Waals surface area contributed by atoms with E-state index in [-0.39, 0.29) is 6.04 Å². The molecule has 0 saturated heterocycles. The molecule has 3 heteroatoms. The van der Waals surface area contributed by atoms with Gasteiger partial charge >= 0.3 is 0 Å². The van der Waals surface area contributed by atoms with E-state index in [1.165, 1.54) is 40.6 Å². The molecule has 0 aliphatic heterocycles. The first-order chi connectivity index (χ1) is 8.69. The van der Waals surface area contributed by atoms with E-state index in [4.69, 9.17) is 5.73 Å². The highest BCUT2D eigenvalue weighted by Gasteiger charge is 2.17. The maximum atomic E-state index is 6.00. The summed E-state index contributed by atoms with van der Waals surface area (Å²) in [6.45, 7) is 2.14. The van der Waals surface area contributed by atoms with Crippen LogP contribution in [-0.2, 0) is 6.42 Å². The van der Waals surface area contributed by atoms with Crippen molar-refractivity contribution in [2.75, 3.05) is 0 Å².